The second-order valence-corrected chi connectivity index (χ2v) is 8.48. The third kappa shape index (κ3) is 4.21. The van der Waals surface area contributed by atoms with Gasteiger partial charge in [-0.25, -0.2) is 0 Å². The lowest BCUT2D eigenvalue weighted by atomic mass is 9.67. The van der Waals surface area contributed by atoms with Crippen LogP contribution in [-0.2, 0) is 0 Å². The molecule has 0 aromatic carbocycles. The maximum atomic E-state index is 6.44. The van der Waals surface area contributed by atoms with E-state index in [1.807, 2.05) is 0 Å². The first-order valence-electron chi connectivity index (χ1n) is 8.88. The summed E-state index contributed by atoms with van der Waals surface area (Å²) in [5, 5.41) is 0. The van der Waals surface area contributed by atoms with Gasteiger partial charge >= 0.3 is 0 Å². The summed E-state index contributed by atoms with van der Waals surface area (Å²) in [7, 11) is 0. The lowest BCUT2D eigenvalue weighted by Crippen LogP contribution is -2.47. The molecule has 2 heteroatoms. The normalized spacial score (nSPS) is 37.0. The first-order valence-corrected chi connectivity index (χ1v) is 8.88. The Morgan fingerprint density at radius 3 is 2.55 bits per heavy atom. The van der Waals surface area contributed by atoms with E-state index in [2.05, 4.69) is 32.6 Å². The van der Waals surface area contributed by atoms with Crippen molar-refractivity contribution in [2.75, 3.05) is 19.6 Å². The van der Waals surface area contributed by atoms with Crippen molar-refractivity contribution in [3.63, 3.8) is 0 Å². The Labute approximate surface area is 126 Å². The van der Waals surface area contributed by atoms with Gasteiger partial charge in [0, 0.05) is 19.1 Å². The van der Waals surface area contributed by atoms with E-state index in [1.54, 1.807) is 0 Å². The van der Waals surface area contributed by atoms with E-state index in [0.29, 0.717) is 11.5 Å². The highest BCUT2D eigenvalue weighted by Gasteiger charge is 2.35. The Hall–Kier alpha value is -0.0800. The molecule has 1 aliphatic heterocycles. The molecule has 1 saturated heterocycles. The molecule has 4 atom stereocenters. The summed E-state index contributed by atoms with van der Waals surface area (Å²) in [4.78, 5) is 2.72. The van der Waals surface area contributed by atoms with E-state index in [1.165, 1.54) is 58.2 Å². The van der Waals surface area contributed by atoms with Crippen molar-refractivity contribution in [1.29, 1.82) is 0 Å². The van der Waals surface area contributed by atoms with Gasteiger partial charge in [-0.1, -0.05) is 34.1 Å². The quantitative estimate of drug-likeness (QED) is 0.849. The van der Waals surface area contributed by atoms with Crippen LogP contribution < -0.4 is 5.73 Å². The zero-order valence-corrected chi connectivity index (χ0v) is 14.2. The van der Waals surface area contributed by atoms with Crippen LogP contribution in [0.15, 0.2) is 0 Å². The van der Waals surface area contributed by atoms with Crippen LogP contribution in [0.5, 0.6) is 0 Å². The molecule has 0 bridgehead atoms. The van der Waals surface area contributed by atoms with Crippen LogP contribution in [0.4, 0.5) is 0 Å². The van der Waals surface area contributed by atoms with Gasteiger partial charge in [-0.15, -0.1) is 0 Å². The lowest BCUT2D eigenvalue weighted by molar-refractivity contribution is 0.0810. The number of rotatable bonds is 3. The third-order valence-electron chi connectivity index (χ3n) is 5.94. The van der Waals surface area contributed by atoms with Crippen LogP contribution in [0.2, 0.25) is 0 Å². The highest BCUT2D eigenvalue weighted by molar-refractivity contribution is 4.89. The summed E-state index contributed by atoms with van der Waals surface area (Å²) in [6.45, 7) is 13.4. The Morgan fingerprint density at radius 1 is 1.15 bits per heavy atom. The Morgan fingerprint density at radius 2 is 1.90 bits per heavy atom. The summed E-state index contributed by atoms with van der Waals surface area (Å²) >= 11 is 0. The highest BCUT2D eigenvalue weighted by Crippen LogP contribution is 2.40. The standard InChI is InChI=1S/C18H36N2/c1-5-14-7-6-10-20(12-14)13-15-11-16(18(2,3)4)8-9-17(15)19/h14-17H,5-13,19H2,1-4H3. The fourth-order valence-electron chi connectivity index (χ4n) is 4.27. The highest BCUT2D eigenvalue weighted by atomic mass is 15.1. The smallest absolute Gasteiger partial charge is 0.00795 e. The molecule has 4 unspecified atom stereocenters. The van der Waals surface area contributed by atoms with Crippen LogP contribution in [0.25, 0.3) is 0 Å². The van der Waals surface area contributed by atoms with Gasteiger partial charge < -0.3 is 10.6 Å². The largest absolute Gasteiger partial charge is 0.327 e. The van der Waals surface area contributed by atoms with E-state index in [0.717, 1.165) is 17.8 Å². The fraction of sp³-hybridized carbons (Fsp3) is 1.00. The Kier molecular flexibility index (Phi) is 5.53. The van der Waals surface area contributed by atoms with Crippen LogP contribution >= 0.6 is 0 Å². The first kappa shape index (κ1) is 16.3. The molecule has 118 valence electrons. The van der Waals surface area contributed by atoms with Gasteiger partial charge in [-0.2, -0.15) is 0 Å². The molecule has 1 saturated carbocycles. The molecule has 2 fully saturated rings. The first-order chi connectivity index (χ1) is 9.40. The van der Waals surface area contributed by atoms with Gasteiger partial charge in [0.05, 0.1) is 0 Å². The van der Waals surface area contributed by atoms with E-state index < -0.39 is 0 Å². The van der Waals surface area contributed by atoms with Gasteiger partial charge in [-0.3, -0.25) is 0 Å². The molecule has 20 heavy (non-hydrogen) atoms. The minimum Gasteiger partial charge on any atom is -0.327 e. The SMILES string of the molecule is CCC1CCCN(CC2CC(C(C)(C)C)CCC2N)C1. The summed E-state index contributed by atoms with van der Waals surface area (Å²) < 4.78 is 0. The van der Waals surface area contributed by atoms with E-state index in [9.17, 15) is 0 Å². The molecule has 0 aromatic rings. The third-order valence-corrected chi connectivity index (χ3v) is 5.94. The van der Waals surface area contributed by atoms with Crippen LogP contribution in [-0.4, -0.2) is 30.6 Å². The molecule has 0 radical (unpaired) electrons. The van der Waals surface area contributed by atoms with Crippen LogP contribution in [0.1, 0.15) is 66.2 Å². The number of hydrogen-bond acceptors (Lipinski definition) is 2. The molecule has 2 aliphatic rings. The molecule has 1 aliphatic carbocycles. The Bertz CT molecular complexity index is 294. The maximum absolute atomic E-state index is 6.44. The Balaban J connectivity index is 1.89. The summed E-state index contributed by atoms with van der Waals surface area (Å²) in [5.74, 6) is 2.52. The van der Waals surface area contributed by atoms with Gasteiger partial charge in [0.2, 0.25) is 0 Å². The zero-order chi connectivity index (χ0) is 14.8. The van der Waals surface area contributed by atoms with Crippen molar-refractivity contribution in [3.05, 3.63) is 0 Å². The monoisotopic (exact) mass is 280 g/mol. The molecule has 2 N–H and O–H groups in total. The summed E-state index contributed by atoms with van der Waals surface area (Å²) in [6.07, 6.45) is 8.09. The van der Waals surface area contributed by atoms with E-state index >= 15 is 0 Å². The number of nitrogens with two attached hydrogens (primary N) is 1. The molecule has 0 spiro atoms. The van der Waals surface area contributed by atoms with Crippen molar-refractivity contribution in [1.82, 2.24) is 4.90 Å². The maximum Gasteiger partial charge on any atom is 0.00795 e. The molecule has 2 rings (SSSR count). The summed E-state index contributed by atoms with van der Waals surface area (Å²) in [5.41, 5.74) is 6.89. The topological polar surface area (TPSA) is 29.3 Å². The second kappa shape index (κ2) is 6.79. The van der Waals surface area contributed by atoms with Crippen molar-refractivity contribution >= 4 is 0 Å². The number of piperidine rings is 1. The fourth-order valence-corrected chi connectivity index (χ4v) is 4.27. The predicted octanol–water partition coefficient (Wildman–Crippen LogP) is 3.90. The van der Waals surface area contributed by atoms with E-state index in [-0.39, 0.29) is 0 Å². The van der Waals surface area contributed by atoms with Crippen LogP contribution in [0.3, 0.4) is 0 Å². The lowest BCUT2D eigenvalue weighted by Gasteiger charge is -2.43. The van der Waals surface area contributed by atoms with Crippen molar-refractivity contribution in [2.24, 2.45) is 28.9 Å². The molecule has 0 amide bonds. The molecule has 2 nitrogen and oxygen atoms in total. The second-order valence-electron chi connectivity index (χ2n) is 8.48. The number of nitrogens with zero attached hydrogens (tertiary/aromatic N) is 1. The summed E-state index contributed by atoms with van der Waals surface area (Å²) in [6, 6.07) is 0.440. The van der Waals surface area contributed by atoms with Crippen LogP contribution in [0, 0.1) is 23.2 Å². The van der Waals surface area contributed by atoms with Crippen molar-refractivity contribution in [3.8, 4) is 0 Å². The number of likely N-dealkylation sites (tertiary alicyclic amines) is 1. The van der Waals surface area contributed by atoms with Crippen molar-refractivity contribution < 1.29 is 0 Å². The zero-order valence-electron chi connectivity index (χ0n) is 14.2. The minimum atomic E-state index is 0.440. The van der Waals surface area contributed by atoms with Gasteiger partial charge in [0.1, 0.15) is 0 Å². The number of hydrogen-bond donors (Lipinski definition) is 1. The van der Waals surface area contributed by atoms with E-state index in [4.69, 9.17) is 5.73 Å². The average molecular weight is 280 g/mol. The molecular weight excluding hydrogens is 244 g/mol. The molecule has 1 heterocycles. The van der Waals surface area contributed by atoms with Gasteiger partial charge in [0.25, 0.3) is 0 Å². The van der Waals surface area contributed by atoms with Gasteiger partial charge in [-0.05, 0) is 61.8 Å². The average Bonchev–Trinajstić information content (AvgIpc) is 2.40. The molecule has 0 aromatic heterocycles. The predicted molar refractivity (Wildman–Crippen MR) is 87.7 cm³/mol. The van der Waals surface area contributed by atoms with Gasteiger partial charge in [0.15, 0.2) is 0 Å². The minimum absolute atomic E-state index is 0.440. The molecular formula is C18H36N2. The van der Waals surface area contributed by atoms with Crippen molar-refractivity contribution in [2.45, 2.75) is 72.3 Å².